The Labute approximate surface area is 127 Å². The third-order valence-corrected chi connectivity index (χ3v) is 3.37. The van der Waals surface area contributed by atoms with Crippen LogP contribution in [0.15, 0.2) is 46.9 Å². The fraction of sp³-hybridized carbons (Fsp3) is 0.250. The van der Waals surface area contributed by atoms with Gasteiger partial charge in [-0.15, -0.1) is 0 Å². The molecule has 4 heteroatoms. The van der Waals surface area contributed by atoms with Gasteiger partial charge in [-0.25, -0.2) is 4.39 Å². The molecule has 0 saturated heterocycles. The van der Waals surface area contributed by atoms with Crippen LogP contribution in [0.3, 0.4) is 0 Å². The van der Waals surface area contributed by atoms with Gasteiger partial charge in [0.2, 0.25) is 0 Å². The highest BCUT2D eigenvalue weighted by Gasteiger charge is 2.04. The standard InChI is InChI=1S/C16H17BrFNO/c1-2-19-10-12-5-3-4-6-13(12)11-20-16-8-14(17)7-15(18)9-16/h3-9,19H,2,10-11H2,1H3. The van der Waals surface area contributed by atoms with Gasteiger partial charge in [0.25, 0.3) is 0 Å². The van der Waals surface area contributed by atoms with Crippen LogP contribution < -0.4 is 10.1 Å². The molecule has 0 saturated carbocycles. The van der Waals surface area contributed by atoms with Gasteiger partial charge in [-0.2, -0.15) is 0 Å². The van der Waals surface area contributed by atoms with E-state index in [2.05, 4.69) is 34.2 Å². The highest BCUT2D eigenvalue weighted by atomic mass is 79.9. The number of rotatable bonds is 6. The fourth-order valence-corrected chi connectivity index (χ4v) is 2.35. The zero-order valence-corrected chi connectivity index (χ0v) is 12.9. The van der Waals surface area contributed by atoms with Crippen molar-refractivity contribution in [1.82, 2.24) is 5.32 Å². The van der Waals surface area contributed by atoms with Crippen LogP contribution in [-0.2, 0) is 13.2 Å². The zero-order valence-electron chi connectivity index (χ0n) is 11.3. The van der Waals surface area contributed by atoms with Crippen LogP contribution in [0.4, 0.5) is 4.39 Å². The highest BCUT2D eigenvalue weighted by Crippen LogP contribution is 2.22. The molecule has 2 rings (SSSR count). The van der Waals surface area contributed by atoms with Crippen molar-refractivity contribution in [2.45, 2.75) is 20.1 Å². The van der Waals surface area contributed by atoms with Crippen LogP contribution in [0, 0.1) is 5.82 Å². The number of hydrogen-bond acceptors (Lipinski definition) is 2. The third-order valence-electron chi connectivity index (χ3n) is 2.91. The maximum Gasteiger partial charge on any atom is 0.128 e. The Morgan fingerprint density at radius 2 is 1.90 bits per heavy atom. The van der Waals surface area contributed by atoms with Gasteiger partial charge in [-0.3, -0.25) is 0 Å². The molecule has 20 heavy (non-hydrogen) atoms. The lowest BCUT2D eigenvalue weighted by Crippen LogP contribution is -2.13. The second-order valence-electron chi connectivity index (χ2n) is 4.44. The first-order chi connectivity index (χ1) is 9.69. The van der Waals surface area contributed by atoms with Crippen molar-refractivity contribution in [3.05, 3.63) is 63.9 Å². The summed E-state index contributed by atoms with van der Waals surface area (Å²) in [7, 11) is 0. The van der Waals surface area contributed by atoms with Crippen molar-refractivity contribution in [3.63, 3.8) is 0 Å². The molecule has 0 unspecified atom stereocenters. The molecule has 0 radical (unpaired) electrons. The Hall–Kier alpha value is -1.39. The van der Waals surface area contributed by atoms with Crippen molar-refractivity contribution in [3.8, 4) is 5.75 Å². The van der Waals surface area contributed by atoms with E-state index in [0.29, 0.717) is 16.8 Å². The van der Waals surface area contributed by atoms with Crippen molar-refractivity contribution in [2.75, 3.05) is 6.54 Å². The predicted molar refractivity (Wildman–Crippen MR) is 82.3 cm³/mol. The van der Waals surface area contributed by atoms with Gasteiger partial charge in [0.15, 0.2) is 0 Å². The van der Waals surface area contributed by atoms with Gasteiger partial charge >= 0.3 is 0 Å². The van der Waals surface area contributed by atoms with Crippen LogP contribution in [-0.4, -0.2) is 6.54 Å². The van der Waals surface area contributed by atoms with Crippen molar-refractivity contribution in [1.29, 1.82) is 0 Å². The second kappa shape index (κ2) is 7.41. The lowest BCUT2D eigenvalue weighted by Gasteiger charge is -2.11. The van der Waals surface area contributed by atoms with Crippen LogP contribution in [0.2, 0.25) is 0 Å². The predicted octanol–water partition coefficient (Wildman–Crippen LogP) is 4.28. The zero-order chi connectivity index (χ0) is 14.4. The minimum atomic E-state index is -0.310. The van der Waals surface area contributed by atoms with Crippen LogP contribution in [0.1, 0.15) is 18.1 Å². The largest absolute Gasteiger partial charge is 0.489 e. The van der Waals surface area contributed by atoms with Crippen LogP contribution in [0.5, 0.6) is 5.75 Å². The van der Waals surface area contributed by atoms with E-state index in [9.17, 15) is 4.39 Å². The summed E-state index contributed by atoms with van der Waals surface area (Å²) in [4.78, 5) is 0. The molecule has 2 aromatic rings. The SMILES string of the molecule is CCNCc1ccccc1COc1cc(F)cc(Br)c1. The quantitative estimate of drug-likeness (QED) is 0.849. The van der Waals surface area contributed by atoms with E-state index in [1.54, 1.807) is 6.07 Å². The Morgan fingerprint density at radius 3 is 2.60 bits per heavy atom. The molecule has 0 aliphatic carbocycles. The molecule has 0 amide bonds. The number of ether oxygens (including phenoxy) is 1. The van der Waals surface area contributed by atoms with Gasteiger partial charge in [0.1, 0.15) is 18.2 Å². The smallest absolute Gasteiger partial charge is 0.128 e. The maximum atomic E-state index is 13.3. The summed E-state index contributed by atoms with van der Waals surface area (Å²) in [5.41, 5.74) is 2.30. The normalized spacial score (nSPS) is 10.6. The first-order valence-electron chi connectivity index (χ1n) is 6.55. The van der Waals surface area contributed by atoms with E-state index in [1.165, 1.54) is 17.7 Å². The first-order valence-corrected chi connectivity index (χ1v) is 7.34. The minimum absolute atomic E-state index is 0.310. The first kappa shape index (κ1) is 15.0. The molecule has 0 atom stereocenters. The monoisotopic (exact) mass is 337 g/mol. The highest BCUT2D eigenvalue weighted by molar-refractivity contribution is 9.10. The van der Waals surface area contributed by atoms with E-state index in [-0.39, 0.29) is 5.82 Å². The molecule has 0 bridgehead atoms. The Kier molecular flexibility index (Phi) is 5.56. The molecule has 1 N–H and O–H groups in total. The fourth-order valence-electron chi connectivity index (χ4n) is 1.90. The summed E-state index contributed by atoms with van der Waals surface area (Å²) in [6, 6.07) is 12.6. The van der Waals surface area contributed by atoms with Crippen molar-refractivity contribution in [2.24, 2.45) is 0 Å². The summed E-state index contributed by atoms with van der Waals surface area (Å²) in [6.07, 6.45) is 0. The Balaban J connectivity index is 2.06. The van der Waals surface area contributed by atoms with Crippen LogP contribution >= 0.6 is 15.9 Å². The summed E-state index contributed by atoms with van der Waals surface area (Å²) >= 11 is 3.26. The van der Waals surface area contributed by atoms with E-state index < -0.39 is 0 Å². The van der Waals surface area contributed by atoms with Gasteiger partial charge in [-0.1, -0.05) is 47.1 Å². The molecule has 106 valence electrons. The lowest BCUT2D eigenvalue weighted by molar-refractivity contribution is 0.303. The van der Waals surface area contributed by atoms with Gasteiger partial charge in [0.05, 0.1) is 0 Å². The van der Waals surface area contributed by atoms with Crippen LogP contribution in [0.25, 0.3) is 0 Å². The molecule has 0 heterocycles. The maximum absolute atomic E-state index is 13.3. The molecule has 0 spiro atoms. The third kappa shape index (κ3) is 4.32. The topological polar surface area (TPSA) is 21.3 Å². The van der Waals surface area contributed by atoms with E-state index in [1.807, 2.05) is 18.2 Å². The molecule has 0 aliphatic heterocycles. The number of halogens is 2. The van der Waals surface area contributed by atoms with Crippen molar-refractivity contribution >= 4 is 15.9 Å². The lowest BCUT2D eigenvalue weighted by atomic mass is 10.1. The molecule has 2 aromatic carbocycles. The summed E-state index contributed by atoms with van der Waals surface area (Å²) in [5, 5.41) is 3.30. The van der Waals surface area contributed by atoms with E-state index in [0.717, 1.165) is 18.7 Å². The molecular weight excluding hydrogens is 321 g/mol. The molecule has 2 nitrogen and oxygen atoms in total. The molecule has 0 fully saturated rings. The van der Waals surface area contributed by atoms with Gasteiger partial charge in [0, 0.05) is 17.1 Å². The number of benzene rings is 2. The molecular formula is C16H17BrFNO. The van der Waals surface area contributed by atoms with Gasteiger partial charge < -0.3 is 10.1 Å². The van der Waals surface area contributed by atoms with Gasteiger partial charge in [-0.05, 0) is 29.8 Å². The average molecular weight is 338 g/mol. The Bertz CT molecular complexity index is 554. The molecule has 0 aromatic heterocycles. The average Bonchev–Trinajstić information content (AvgIpc) is 2.43. The summed E-state index contributed by atoms with van der Waals surface area (Å²) in [5.74, 6) is 0.213. The number of hydrogen-bond donors (Lipinski definition) is 1. The number of nitrogens with one attached hydrogen (secondary N) is 1. The molecule has 0 aliphatic rings. The second-order valence-corrected chi connectivity index (χ2v) is 5.36. The minimum Gasteiger partial charge on any atom is -0.489 e. The van der Waals surface area contributed by atoms with E-state index >= 15 is 0 Å². The Morgan fingerprint density at radius 1 is 1.15 bits per heavy atom. The summed E-state index contributed by atoms with van der Waals surface area (Å²) < 4.78 is 19.6. The summed E-state index contributed by atoms with van der Waals surface area (Å²) in [6.45, 7) is 4.23. The van der Waals surface area contributed by atoms with E-state index in [4.69, 9.17) is 4.74 Å². The van der Waals surface area contributed by atoms with Crippen molar-refractivity contribution < 1.29 is 9.13 Å².